The Hall–Kier alpha value is -2.39. The fourth-order valence-electron chi connectivity index (χ4n) is 3.80. The first kappa shape index (κ1) is 19.6. The van der Waals surface area contributed by atoms with E-state index < -0.39 is 0 Å². The molecule has 2 fully saturated rings. The number of hydrogen-bond donors (Lipinski definition) is 1. The Bertz CT molecular complexity index is 980. The number of rotatable bonds is 8. The lowest BCUT2D eigenvalue weighted by atomic mass is 10.1. The van der Waals surface area contributed by atoms with Gasteiger partial charge in [-0.1, -0.05) is 42.1 Å². The Balaban J connectivity index is 1.28. The maximum Gasteiger partial charge on any atom is 0.231 e. The first-order chi connectivity index (χ1) is 14.8. The van der Waals surface area contributed by atoms with Gasteiger partial charge >= 0.3 is 0 Å². The molecule has 30 heavy (non-hydrogen) atoms. The van der Waals surface area contributed by atoms with Crippen LogP contribution in [-0.4, -0.2) is 44.5 Å². The Morgan fingerprint density at radius 3 is 2.70 bits per heavy atom. The van der Waals surface area contributed by atoms with Crippen molar-refractivity contribution in [2.45, 2.75) is 42.9 Å². The number of benzene rings is 1. The first-order valence-corrected chi connectivity index (χ1v) is 12.2. The average Bonchev–Trinajstić information content (AvgIpc) is 3.21. The minimum absolute atomic E-state index is 0.0304. The number of aromatic nitrogens is 4. The number of hydrogen-bond acceptors (Lipinski definition) is 7. The summed E-state index contributed by atoms with van der Waals surface area (Å²) in [5, 5.41) is 15.7. The summed E-state index contributed by atoms with van der Waals surface area (Å²) in [6, 6.07) is 10.2. The molecule has 2 aromatic heterocycles. The van der Waals surface area contributed by atoms with E-state index in [4.69, 9.17) is 0 Å². The molecular formula is C21H24N6OS2. The van der Waals surface area contributed by atoms with Crippen molar-refractivity contribution in [2.24, 2.45) is 0 Å². The van der Waals surface area contributed by atoms with Gasteiger partial charge in [-0.15, -0.1) is 21.5 Å². The predicted molar refractivity (Wildman–Crippen MR) is 119 cm³/mol. The van der Waals surface area contributed by atoms with Crippen LogP contribution in [0.1, 0.15) is 48.3 Å². The van der Waals surface area contributed by atoms with Crippen LogP contribution < -0.4 is 10.2 Å². The maximum absolute atomic E-state index is 12.8. The van der Waals surface area contributed by atoms with E-state index in [9.17, 15) is 4.79 Å². The van der Waals surface area contributed by atoms with E-state index in [1.165, 1.54) is 37.4 Å². The van der Waals surface area contributed by atoms with E-state index in [0.717, 1.165) is 34.8 Å². The smallest absolute Gasteiger partial charge is 0.231 e. The summed E-state index contributed by atoms with van der Waals surface area (Å²) in [5.41, 5.74) is 1.03. The van der Waals surface area contributed by atoms with Gasteiger partial charge in [0.1, 0.15) is 11.0 Å². The number of anilines is 1. The first-order valence-electron chi connectivity index (χ1n) is 10.4. The van der Waals surface area contributed by atoms with E-state index in [1.54, 1.807) is 17.5 Å². The summed E-state index contributed by atoms with van der Waals surface area (Å²) in [6.45, 7) is 2.09. The normalized spacial score (nSPS) is 17.3. The molecule has 3 heterocycles. The minimum Gasteiger partial charge on any atom is -0.342 e. The van der Waals surface area contributed by atoms with Gasteiger partial charge < -0.3 is 10.2 Å². The highest BCUT2D eigenvalue weighted by Crippen LogP contribution is 2.41. The van der Waals surface area contributed by atoms with E-state index in [1.807, 2.05) is 35.7 Å². The lowest BCUT2D eigenvalue weighted by molar-refractivity contribution is -0.119. The van der Waals surface area contributed by atoms with Crippen molar-refractivity contribution >= 4 is 35.0 Å². The minimum atomic E-state index is -0.235. The Labute approximate surface area is 183 Å². The number of nitrogens with zero attached hydrogens (tertiary/aromatic N) is 5. The molecule has 1 saturated heterocycles. The second kappa shape index (κ2) is 8.77. The fourth-order valence-corrected chi connectivity index (χ4v) is 5.32. The van der Waals surface area contributed by atoms with Gasteiger partial charge in [0, 0.05) is 30.7 Å². The van der Waals surface area contributed by atoms with Crippen LogP contribution in [0.25, 0.3) is 0 Å². The molecule has 5 rings (SSSR count). The van der Waals surface area contributed by atoms with Crippen LogP contribution in [0.5, 0.6) is 0 Å². The molecule has 0 radical (unpaired) electrons. The molecule has 1 N–H and O–H groups in total. The number of carbonyl (C=O) groups excluding carboxylic acids is 1. The summed E-state index contributed by atoms with van der Waals surface area (Å²) in [5.74, 6) is 1.25. The summed E-state index contributed by atoms with van der Waals surface area (Å²) < 4.78 is 2.25. The van der Waals surface area contributed by atoms with Gasteiger partial charge in [-0.2, -0.15) is 0 Å². The maximum atomic E-state index is 12.8. The Kier molecular flexibility index (Phi) is 5.72. The highest BCUT2D eigenvalue weighted by Gasteiger charge is 2.32. The summed E-state index contributed by atoms with van der Waals surface area (Å²) >= 11 is 3.02. The molecule has 1 unspecified atom stereocenters. The van der Waals surface area contributed by atoms with Crippen LogP contribution in [-0.2, 0) is 4.79 Å². The zero-order valence-electron chi connectivity index (χ0n) is 16.6. The number of amides is 1. The highest BCUT2D eigenvalue weighted by atomic mass is 32.2. The van der Waals surface area contributed by atoms with Gasteiger partial charge in [-0.3, -0.25) is 9.36 Å². The lowest BCUT2D eigenvalue weighted by Crippen LogP contribution is -2.30. The number of nitrogens with one attached hydrogen (secondary N) is 1. The molecule has 2 aliphatic rings. The van der Waals surface area contributed by atoms with Crippen molar-refractivity contribution in [1.29, 1.82) is 0 Å². The summed E-state index contributed by atoms with van der Waals surface area (Å²) in [4.78, 5) is 19.6. The van der Waals surface area contributed by atoms with E-state index in [2.05, 4.69) is 30.0 Å². The molecule has 156 valence electrons. The fraction of sp³-hybridized carbons (Fsp3) is 0.429. The molecule has 1 atom stereocenters. The van der Waals surface area contributed by atoms with Crippen molar-refractivity contribution in [3.8, 4) is 0 Å². The van der Waals surface area contributed by atoms with Crippen LogP contribution in [0.3, 0.4) is 0 Å². The molecule has 1 amide bonds. The van der Waals surface area contributed by atoms with Crippen molar-refractivity contribution in [3.63, 3.8) is 0 Å². The number of carbonyl (C=O) groups is 1. The van der Waals surface area contributed by atoms with Gasteiger partial charge in [0.25, 0.3) is 0 Å². The monoisotopic (exact) mass is 440 g/mol. The van der Waals surface area contributed by atoms with Crippen molar-refractivity contribution in [2.75, 3.05) is 23.7 Å². The second-order valence-corrected chi connectivity index (χ2v) is 9.52. The third-order valence-electron chi connectivity index (χ3n) is 5.42. The lowest BCUT2D eigenvalue weighted by Gasteiger charge is -2.18. The molecule has 1 aliphatic heterocycles. The second-order valence-electron chi connectivity index (χ2n) is 7.65. The van der Waals surface area contributed by atoms with E-state index >= 15 is 0 Å². The van der Waals surface area contributed by atoms with Gasteiger partial charge in [-0.25, -0.2) is 4.98 Å². The van der Waals surface area contributed by atoms with Gasteiger partial charge in [-0.05, 0) is 31.2 Å². The quantitative estimate of drug-likeness (QED) is 0.539. The van der Waals surface area contributed by atoms with Crippen LogP contribution >= 0.6 is 23.1 Å². The van der Waals surface area contributed by atoms with Gasteiger partial charge in [0.05, 0.1) is 5.75 Å². The predicted octanol–water partition coefficient (Wildman–Crippen LogP) is 3.67. The van der Waals surface area contributed by atoms with Crippen LogP contribution in [0.15, 0.2) is 47.1 Å². The van der Waals surface area contributed by atoms with Crippen LogP contribution in [0.4, 0.5) is 5.95 Å². The molecule has 3 aromatic rings. The third kappa shape index (κ3) is 4.22. The third-order valence-corrected chi connectivity index (χ3v) is 7.20. The topological polar surface area (TPSA) is 75.9 Å². The zero-order chi connectivity index (χ0) is 20.3. The molecule has 1 aliphatic carbocycles. The number of thiazole rings is 1. The molecule has 1 aromatic carbocycles. The zero-order valence-corrected chi connectivity index (χ0v) is 18.2. The molecule has 0 bridgehead atoms. The van der Waals surface area contributed by atoms with Gasteiger partial charge in [0.2, 0.25) is 11.9 Å². The molecule has 1 saturated carbocycles. The highest BCUT2D eigenvalue weighted by molar-refractivity contribution is 7.99. The molecule has 9 heteroatoms. The van der Waals surface area contributed by atoms with Crippen LogP contribution in [0.2, 0.25) is 0 Å². The largest absolute Gasteiger partial charge is 0.342 e. The molecule has 0 spiro atoms. The Morgan fingerprint density at radius 2 is 2.00 bits per heavy atom. The van der Waals surface area contributed by atoms with Crippen LogP contribution in [0, 0.1) is 0 Å². The molecular weight excluding hydrogens is 416 g/mol. The van der Waals surface area contributed by atoms with Crippen molar-refractivity contribution in [1.82, 2.24) is 25.1 Å². The summed E-state index contributed by atoms with van der Waals surface area (Å²) in [7, 11) is 0. The van der Waals surface area contributed by atoms with E-state index in [0.29, 0.717) is 11.8 Å². The summed E-state index contributed by atoms with van der Waals surface area (Å²) in [6.07, 6.45) is 6.52. The van der Waals surface area contributed by atoms with Crippen molar-refractivity contribution < 1.29 is 4.79 Å². The SMILES string of the molecule is O=C(CSc1nnc(N2CCCC2)n1C1CC1)NC(c1ccccc1)c1nccs1. The average molecular weight is 441 g/mol. The Morgan fingerprint density at radius 1 is 1.20 bits per heavy atom. The number of thioether (sulfide) groups is 1. The van der Waals surface area contributed by atoms with Crippen molar-refractivity contribution in [3.05, 3.63) is 52.5 Å². The molecule has 7 nitrogen and oxygen atoms in total. The van der Waals surface area contributed by atoms with E-state index in [-0.39, 0.29) is 11.9 Å². The standard InChI is InChI=1S/C21H24N6OS2/c28-17(23-18(19-22-10-13-29-19)15-6-2-1-3-7-15)14-30-21-25-24-20(26-11-4-5-12-26)27(21)16-8-9-16/h1-3,6-7,10,13,16,18H,4-5,8-9,11-12,14H2,(H,23,28). The van der Waals surface area contributed by atoms with Gasteiger partial charge in [0.15, 0.2) is 5.16 Å².